The minimum absolute atomic E-state index is 0.141. The standard InChI is InChI=1S/C24H29F3N6OS2/c1-28-22-29-20(19-11-18(12-24(25,26)27)35-21(19)30-22)33-10-8-23(15-33)7-9-32(14-23)13-16-3-5-17(6-4-16)31-36(2)34/h3-6,11,31H,7-10,12-15H2,1-2H3,(H,28,29,30). The third-order valence-electron chi connectivity index (χ3n) is 6.90. The smallest absolute Gasteiger partial charge is 0.357 e. The first-order valence-corrected chi connectivity index (χ1v) is 14.2. The Hall–Kier alpha value is -2.44. The van der Waals surface area contributed by atoms with Crippen LogP contribution >= 0.6 is 11.3 Å². The average molecular weight is 539 g/mol. The van der Waals surface area contributed by atoms with Crippen molar-refractivity contribution in [1.29, 1.82) is 0 Å². The van der Waals surface area contributed by atoms with Crippen molar-refractivity contribution in [3.05, 3.63) is 40.8 Å². The topological polar surface area (TPSA) is 73.4 Å². The van der Waals surface area contributed by atoms with Crippen molar-refractivity contribution >= 4 is 50.0 Å². The van der Waals surface area contributed by atoms with Gasteiger partial charge in [-0.2, -0.15) is 18.2 Å². The number of hydrogen-bond donors (Lipinski definition) is 2. The number of nitrogens with zero attached hydrogens (tertiary/aromatic N) is 4. The maximum absolute atomic E-state index is 13.0. The Morgan fingerprint density at radius 3 is 2.58 bits per heavy atom. The molecule has 36 heavy (non-hydrogen) atoms. The number of alkyl halides is 3. The summed E-state index contributed by atoms with van der Waals surface area (Å²) < 4.78 is 53.3. The van der Waals surface area contributed by atoms with Gasteiger partial charge in [-0.3, -0.25) is 4.90 Å². The molecule has 5 rings (SSSR count). The number of benzene rings is 1. The summed E-state index contributed by atoms with van der Waals surface area (Å²) in [5.41, 5.74) is 2.19. The fourth-order valence-electron chi connectivity index (χ4n) is 5.31. The molecule has 194 valence electrons. The molecule has 0 aliphatic carbocycles. The van der Waals surface area contributed by atoms with Crippen molar-refractivity contribution in [2.75, 3.05) is 54.4 Å². The van der Waals surface area contributed by atoms with E-state index in [1.807, 2.05) is 12.1 Å². The van der Waals surface area contributed by atoms with Crippen LogP contribution in [0.1, 0.15) is 23.3 Å². The molecule has 2 fully saturated rings. The number of anilines is 3. The third kappa shape index (κ3) is 5.60. The Balaban J connectivity index is 1.30. The summed E-state index contributed by atoms with van der Waals surface area (Å²) in [6, 6.07) is 9.64. The monoisotopic (exact) mass is 538 g/mol. The van der Waals surface area contributed by atoms with Gasteiger partial charge in [0.25, 0.3) is 0 Å². The van der Waals surface area contributed by atoms with Crippen molar-refractivity contribution in [1.82, 2.24) is 14.9 Å². The lowest BCUT2D eigenvalue weighted by molar-refractivity contribution is -0.126. The van der Waals surface area contributed by atoms with Gasteiger partial charge in [-0.05, 0) is 43.1 Å². The van der Waals surface area contributed by atoms with Gasteiger partial charge in [0.1, 0.15) is 21.6 Å². The van der Waals surface area contributed by atoms with E-state index in [0.29, 0.717) is 16.2 Å². The largest absolute Gasteiger partial charge is 0.393 e. The maximum atomic E-state index is 13.0. The predicted molar refractivity (Wildman–Crippen MR) is 140 cm³/mol. The molecule has 2 aliphatic rings. The molecule has 1 spiro atoms. The Kier molecular flexibility index (Phi) is 6.86. The van der Waals surface area contributed by atoms with Gasteiger partial charge in [-0.25, -0.2) is 9.19 Å². The third-order valence-corrected chi connectivity index (χ3v) is 8.45. The predicted octanol–water partition coefficient (Wildman–Crippen LogP) is 4.65. The second-order valence-electron chi connectivity index (χ2n) is 9.73. The van der Waals surface area contributed by atoms with Crippen LogP contribution in [-0.4, -0.2) is 64.7 Å². The molecular formula is C24H29F3N6OS2. The first-order chi connectivity index (χ1) is 17.1. The molecule has 2 unspecified atom stereocenters. The zero-order valence-corrected chi connectivity index (χ0v) is 21.8. The summed E-state index contributed by atoms with van der Waals surface area (Å²) in [4.78, 5) is 14.6. The summed E-state index contributed by atoms with van der Waals surface area (Å²) >= 11 is 1.09. The van der Waals surface area contributed by atoms with E-state index >= 15 is 0 Å². The number of hydrogen-bond acceptors (Lipinski definition) is 7. The van der Waals surface area contributed by atoms with E-state index in [9.17, 15) is 17.4 Å². The second kappa shape index (κ2) is 9.79. The molecule has 3 aromatic rings. The molecule has 7 nitrogen and oxygen atoms in total. The van der Waals surface area contributed by atoms with E-state index < -0.39 is 23.6 Å². The van der Waals surface area contributed by atoms with Gasteiger partial charge in [0, 0.05) is 55.5 Å². The van der Waals surface area contributed by atoms with E-state index in [1.54, 1.807) is 19.4 Å². The molecule has 2 atom stereocenters. The molecule has 0 bridgehead atoms. The molecule has 1 aromatic carbocycles. The van der Waals surface area contributed by atoms with E-state index in [2.05, 4.69) is 41.9 Å². The molecule has 0 saturated carbocycles. The number of likely N-dealkylation sites (tertiary alicyclic amines) is 1. The van der Waals surface area contributed by atoms with Crippen molar-refractivity contribution in [3.8, 4) is 0 Å². The van der Waals surface area contributed by atoms with Crippen molar-refractivity contribution in [3.63, 3.8) is 0 Å². The number of fused-ring (bicyclic) bond motifs is 1. The highest BCUT2D eigenvalue weighted by Gasteiger charge is 2.44. The lowest BCUT2D eigenvalue weighted by Crippen LogP contribution is -2.31. The molecule has 2 aromatic heterocycles. The molecule has 2 saturated heterocycles. The van der Waals surface area contributed by atoms with Gasteiger partial charge in [0.05, 0.1) is 11.8 Å². The van der Waals surface area contributed by atoms with Crippen LogP contribution < -0.4 is 14.9 Å². The maximum Gasteiger partial charge on any atom is 0.393 e. The van der Waals surface area contributed by atoms with Crippen LogP contribution in [-0.2, 0) is 24.0 Å². The van der Waals surface area contributed by atoms with Crippen LogP contribution in [0.2, 0.25) is 0 Å². The first kappa shape index (κ1) is 25.2. The van der Waals surface area contributed by atoms with Crippen molar-refractivity contribution in [2.24, 2.45) is 5.41 Å². The van der Waals surface area contributed by atoms with Crippen LogP contribution in [0.4, 0.5) is 30.6 Å². The minimum atomic E-state index is -4.25. The van der Waals surface area contributed by atoms with Gasteiger partial charge in [0.2, 0.25) is 5.95 Å². The number of halogens is 3. The van der Waals surface area contributed by atoms with E-state index in [1.165, 1.54) is 5.56 Å². The molecule has 0 radical (unpaired) electrons. The zero-order chi connectivity index (χ0) is 25.5. The first-order valence-electron chi connectivity index (χ1n) is 11.8. The van der Waals surface area contributed by atoms with Gasteiger partial charge < -0.3 is 14.9 Å². The quantitative estimate of drug-likeness (QED) is 0.457. The van der Waals surface area contributed by atoms with Crippen LogP contribution in [0, 0.1) is 5.41 Å². The summed E-state index contributed by atoms with van der Waals surface area (Å²) in [7, 11) is 0.628. The van der Waals surface area contributed by atoms with Crippen LogP contribution in [0.25, 0.3) is 10.2 Å². The lowest BCUT2D eigenvalue weighted by atomic mass is 9.86. The molecule has 2 N–H and O–H groups in total. The number of rotatable bonds is 7. The van der Waals surface area contributed by atoms with E-state index in [4.69, 9.17) is 0 Å². The number of aromatic nitrogens is 2. The fraction of sp³-hybridized carbons (Fsp3) is 0.500. The Labute approximate surface area is 214 Å². The summed E-state index contributed by atoms with van der Waals surface area (Å²) in [6.07, 6.45) is -1.50. The Morgan fingerprint density at radius 1 is 1.14 bits per heavy atom. The fourth-order valence-corrected chi connectivity index (χ4v) is 6.83. The number of thiophene rings is 1. The van der Waals surface area contributed by atoms with Gasteiger partial charge in [0.15, 0.2) is 0 Å². The van der Waals surface area contributed by atoms with Crippen molar-refractivity contribution in [2.45, 2.75) is 32.0 Å². The van der Waals surface area contributed by atoms with E-state index in [-0.39, 0.29) is 10.3 Å². The highest BCUT2D eigenvalue weighted by atomic mass is 32.2. The molecule has 4 heterocycles. The lowest BCUT2D eigenvalue weighted by Gasteiger charge is -2.25. The summed E-state index contributed by atoms with van der Waals surface area (Å²) in [5, 5.41) is 3.66. The molecular weight excluding hydrogens is 509 g/mol. The van der Waals surface area contributed by atoms with Crippen LogP contribution in [0.3, 0.4) is 0 Å². The minimum Gasteiger partial charge on any atom is -0.357 e. The van der Waals surface area contributed by atoms with Gasteiger partial charge in [-0.15, -0.1) is 11.3 Å². The summed E-state index contributed by atoms with van der Waals surface area (Å²) in [5.74, 6) is 1.15. The Morgan fingerprint density at radius 2 is 1.89 bits per heavy atom. The van der Waals surface area contributed by atoms with Gasteiger partial charge >= 0.3 is 6.18 Å². The summed E-state index contributed by atoms with van der Waals surface area (Å²) in [6.45, 7) is 4.47. The Bertz CT molecular complexity index is 1270. The highest BCUT2D eigenvalue weighted by molar-refractivity contribution is 7.85. The van der Waals surface area contributed by atoms with Crippen molar-refractivity contribution < 1.29 is 17.4 Å². The van der Waals surface area contributed by atoms with Crippen LogP contribution in [0.15, 0.2) is 30.3 Å². The normalized spacial score (nSPS) is 21.5. The van der Waals surface area contributed by atoms with Gasteiger partial charge in [-0.1, -0.05) is 12.1 Å². The molecule has 12 heteroatoms. The highest BCUT2D eigenvalue weighted by Crippen LogP contribution is 2.43. The zero-order valence-electron chi connectivity index (χ0n) is 20.2. The SMILES string of the molecule is CNc1nc(N2CCC3(CCN(Cc4ccc(NS(C)=O)cc4)C3)C2)c2cc(CC(F)(F)F)sc2n1. The number of nitrogens with one attached hydrogen (secondary N) is 2. The second-order valence-corrected chi connectivity index (χ2v) is 12.0. The molecule has 0 amide bonds. The van der Waals surface area contributed by atoms with Crippen LogP contribution in [0.5, 0.6) is 0 Å². The average Bonchev–Trinajstić information content (AvgIpc) is 3.51. The molecule has 2 aliphatic heterocycles. The van der Waals surface area contributed by atoms with E-state index in [0.717, 1.165) is 68.4 Å².